The third kappa shape index (κ3) is 9.49. The molecule has 1 fully saturated rings. The van der Waals surface area contributed by atoms with Gasteiger partial charge in [0, 0.05) is 42.6 Å². The monoisotopic (exact) mass is 743 g/mol. The molecule has 0 spiro atoms. The second kappa shape index (κ2) is 19.3. The van der Waals surface area contributed by atoms with Gasteiger partial charge in [0.05, 0.1) is 13.2 Å². The zero-order valence-corrected chi connectivity index (χ0v) is 30.8. The van der Waals surface area contributed by atoms with Gasteiger partial charge in [0.2, 0.25) is 5.91 Å². The Morgan fingerprint density at radius 1 is 0.852 bits per heavy atom. The molecular weight excluding hydrogens is 690 g/mol. The number of aromatic nitrogens is 1. The summed E-state index contributed by atoms with van der Waals surface area (Å²) in [5.74, 6) is -0.595. The highest BCUT2D eigenvalue weighted by molar-refractivity contribution is 5.88. The van der Waals surface area contributed by atoms with E-state index in [1.54, 1.807) is 0 Å². The zero-order valence-electron chi connectivity index (χ0n) is 30.8. The number of unbranched alkanes of at least 4 members (excludes halogenated alkanes) is 5. The summed E-state index contributed by atoms with van der Waals surface area (Å²) in [5.41, 5.74) is 6.15. The zero-order chi connectivity index (χ0) is 37.9. The molecule has 6 atom stereocenters. The number of rotatable bonds is 19. The lowest BCUT2D eigenvalue weighted by molar-refractivity contribution is -0.307. The van der Waals surface area contributed by atoms with Crippen molar-refractivity contribution < 1.29 is 43.9 Å². The largest absolute Gasteiger partial charge is 0.449 e. The first-order chi connectivity index (χ1) is 26.4. The lowest BCUT2D eigenvalue weighted by Crippen LogP contribution is -2.60. The Hall–Kier alpha value is -4.30. The van der Waals surface area contributed by atoms with E-state index in [1.807, 2.05) is 66.9 Å². The summed E-state index contributed by atoms with van der Waals surface area (Å²) in [6.45, 7) is 2.08. The average Bonchev–Trinajstić information content (AvgIpc) is 3.75. The van der Waals surface area contributed by atoms with Crippen LogP contribution in [0.15, 0.2) is 79.0 Å². The molecule has 0 bridgehead atoms. The van der Waals surface area contributed by atoms with Gasteiger partial charge < -0.3 is 49.9 Å². The van der Waals surface area contributed by atoms with Crippen LogP contribution in [0.3, 0.4) is 0 Å². The van der Waals surface area contributed by atoms with Gasteiger partial charge in [-0.05, 0) is 40.3 Å². The fourth-order valence-corrected chi connectivity index (χ4v) is 7.47. The molecule has 290 valence electrons. The number of aromatic amines is 1. The van der Waals surface area contributed by atoms with E-state index in [1.165, 1.54) is 19.3 Å². The molecule has 2 amide bonds. The van der Waals surface area contributed by atoms with Crippen molar-refractivity contribution in [2.45, 2.75) is 94.5 Å². The van der Waals surface area contributed by atoms with Crippen LogP contribution >= 0.6 is 0 Å². The lowest BCUT2D eigenvalue weighted by atomic mass is 9.98. The Morgan fingerprint density at radius 2 is 1.54 bits per heavy atom. The third-order valence-electron chi connectivity index (χ3n) is 10.4. The van der Waals surface area contributed by atoms with Crippen LogP contribution in [0.25, 0.3) is 22.0 Å². The van der Waals surface area contributed by atoms with Gasteiger partial charge in [-0.2, -0.15) is 0 Å². The maximum atomic E-state index is 13.7. The molecule has 0 unspecified atom stereocenters. The van der Waals surface area contributed by atoms with Crippen molar-refractivity contribution in [2.75, 3.05) is 33.0 Å². The number of para-hydroxylation sites is 1. The third-order valence-corrected chi connectivity index (χ3v) is 10.4. The highest BCUT2D eigenvalue weighted by Crippen LogP contribution is 2.44. The van der Waals surface area contributed by atoms with Gasteiger partial charge in [0.15, 0.2) is 6.29 Å². The van der Waals surface area contributed by atoms with Crippen LogP contribution < -0.4 is 10.6 Å². The number of aliphatic hydroxyl groups is 3. The molecule has 1 saturated heterocycles. The average molecular weight is 744 g/mol. The number of benzene rings is 3. The molecule has 12 heteroatoms. The van der Waals surface area contributed by atoms with Crippen LogP contribution in [0.2, 0.25) is 0 Å². The normalized spacial score (nSPS) is 21.4. The van der Waals surface area contributed by atoms with Crippen molar-refractivity contribution in [3.63, 3.8) is 0 Å². The smallest absolute Gasteiger partial charge is 0.407 e. The Balaban J connectivity index is 1.05. The van der Waals surface area contributed by atoms with Gasteiger partial charge in [-0.25, -0.2) is 4.79 Å². The first kappa shape index (κ1) is 39.4. The van der Waals surface area contributed by atoms with Crippen LogP contribution in [-0.2, 0) is 30.2 Å². The molecule has 1 aromatic heterocycles. The van der Waals surface area contributed by atoms with E-state index >= 15 is 0 Å². The van der Waals surface area contributed by atoms with E-state index in [-0.39, 0.29) is 32.1 Å². The number of aliphatic hydroxyl groups excluding tert-OH is 3. The molecule has 2 heterocycles. The quantitative estimate of drug-likeness (QED) is 0.0729. The van der Waals surface area contributed by atoms with Gasteiger partial charge in [0.1, 0.15) is 37.1 Å². The first-order valence-electron chi connectivity index (χ1n) is 19.2. The highest BCUT2D eigenvalue weighted by atomic mass is 16.7. The van der Waals surface area contributed by atoms with E-state index in [2.05, 4.69) is 34.7 Å². The van der Waals surface area contributed by atoms with Crippen molar-refractivity contribution in [3.8, 4) is 11.1 Å². The molecule has 0 radical (unpaired) electrons. The molecule has 1 aliphatic heterocycles. The van der Waals surface area contributed by atoms with Crippen molar-refractivity contribution in [2.24, 2.45) is 0 Å². The minimum absolute atomic E-state index is 0.0134. The van der Waals surface area contributed by atoms with E-state index in [9.17, 15) is 24.9 Å². The number of H-pyrrole nitrogens is 1. The van der Waals surface area contributed by atoms with Gasteiger partial charge in [-0.3, -0.25) is 4.79 Å². The fourth-order valence-electron chi connectivity index (χ4n) is 7.47. The summed E-state index contributed by atoms with van der Waals surface area (Å²) in [5, 5.41) is 38.1. The van der Waals surface area contributed by atoms with Crippen LogP contribution in [0.1, 0.15) is 68.1 Å². The van der Waals surface area contributed by atoms with Gasteiger partial charge in [-0.15, -0.1) is 0 Å². The second-order valence-electron chi connectivity index (χ2n) is 14.1. The fraction of sp³-hybridized carbons (Fsp3) is 0.476. The molecule has 4 aromatic rings. The molecule has 54 heavy (non-hydrogen) atoms. The maximum Gasteiger partial charge on any atom is 0.407 e. The number of carbonyl (C=O) groups is 2. The molecular formula is C42H53N3O9. The molecule has 6 rings (SSSR count). The van der Waals surface area contributed by atoms with Crippen LogP contribution in [-0.4, -0.2) is 102 Å². The number of alkyl carbamates (subject to hydrolysis) is 1. The number of ether oxygens (including phenoxy) is 4. The Bertz CT molecular complexity index is 1770. The van der Waals surface area contributed by atoms with Crippen molar-refractivity contribution >= 4 is 22.9 Å². The number of fused-ring (bicyclic) bond motifs is 4. The molecule has 3 aromatic carbocycles. The van der Waals surface area contributed by atoms with Gasteiger partial charge in [-0.1, -0.05) is 106 Å². The number of carbonyl (C=O) groups excluding carboxylic acids is 2. The summed E-state index contributed by atoms with van der Waals surface area (Å²) >= 11 is 0. The summed E-state index contributed by atoms with van der Waals surface area (Å²) in [6, 6.07) is 22.9. The van der Waals surface area contributed by atoms with Crippen molar-refractivity contribution in [3.05, 3.63) is 95.7 Å². The molecule has 12 nitrogen and oxygen atoms in total. The Kier molecular flexibility index (Phi) is 14.1. The van der Waals surface area contributed by atoms with Crippen LogP contribution in [0.5, 0.6) is 0 Å². The number of nitrogens with one attached hydrogen (secondary N) is 3. The van der Waals surface area contributed by atoms with Gasteiger partial charge >= 0.3 is 6.09 Å². The molecule has 1 aliphatic carbocycles. The molecule has 6 N–H and O–H groups in total. The van der Waals surface area contributed by atoms with E-state index < -0.39 is 55.4 Å². The second-order valence-corrected chi connectivity index (χ2v) is 14.1. The minimum atomic E-state index is -1.32. The number of hydrogen-bond acceptors (Lipinski definition) is 9. The first-order valence-corrected chi connectivity index (χ1v) is 19.2. The molecule has 2 aliphatic rings. The highest BCUT2D eigenvalue weighted by Gasteiger charge is 2.45. The van der Waals surface area contributed by atoms with Crippen LogP contribution in [0, 0.1) is 0 Å². The van der Waals surface area contributed by atoms with Crippen LogP contribution in [0.4, 0.5) is 4.79 Å². The Labute approximate surface area is 316 Å². The summed E-state index contributed by atoms with van der Waals surface area (Å²) < 4.78 is 23.1. The standard InChI is InChI=1S/C42H53N3O9/c1-2-3-4-5-6-13-21-52-41-38(48)39(37(47)36(25-46)54-41)51-22-20-43-40(49)35(23-27-24-44-34-19-12-11-14-28(27)34)45-42(50)53-26-33-31-17-9-7-15-29(31)30-16-8-10-18-32(30)33/h7-12,14-19,24,33,35-39,41,44,46-48H,2-6,13,20-23,25-26H2,1H3,(H,43,49)(H,45,50)/t35-,36+,37-,38+,39-,41+/m0/s1. The van der Waals surface area contributed by atoms with E-state index in [0.29, 0.717) is 6.61 Å². The summed E-state index contributed by atoms with van der Waals surface area (Å²) in [6.07, 6.45) is 1.86. The predicted octanol–water partition coefficient (Wildman–Crippen LogP) is 4.94. The molecule has 0 saturated carbocycles. The summed E-state index contributed by atoms with van der Waals surface area (Å²) in [4.78, 5) is 30.2. The van der Waals surface area contributed by atoms with Crippen molar-refractivity contribution in [1.29, 1.82) is 0 Å². The van der Waals surface area contributed by atoms with Crippen molar-refractivity contribution in [1.82, 2.24) is 15.6 Å². The maximum absolute atomic E-state index is 13.7. The number of amides is 2. The number of hydrogen-bond donors (Lipinski definition) is 6. The van der Waals surface area contributed by atoms with Gasteiger partial charge in [0.25, 0.3) is 0 Å². The topological polar surface area (TPSA) is 172 Å². The van der Waals surface area contributed by atoms with E-state index in [0.717, 1.165) is 58.0 Å². The Morgan fingerprint density at radius 3 is 2.28 bits per heavy atom. The lowest BCUT2D eigenvalue weighted by Gasteiger charge is -2.41. The van der Waals surface area contributed by atoms with E-state index in [4.69, 9.17) is 18.9 Å². The predicted molar refractivity (Wildman–Crippen MR) is 204 cm³/mol. The SMILES string of the molecule is CCCCCCCCO[C@@H]1O[C@H](CO)[C@H](O)[C@H](OCCNC(=O)[C@H](Cc2c[nH]c3ccccc23)NC(=O)OCC2c3ccccc3-c3ccccc32)[C@H]1O. The summed E-state index contributed by atoms with van der Waals surface area (Å²) in [7, 11) is 0. The minimum Gasteiger partial charge on any atom is -0.449 e.